The molecule has 0 aromatic rings. The molecule has 2 nitrogen and oxygen atoms in total. The molecule has 0 aromatic carbocycles. The summed E-state index contributed by atoms with van der Waals surface area (Å²) in [4.78, 5) is 0. The Kier molecular flexibility index (Phi) is 6.25. The Hall–Kier alpha value is -0.520. The van der Waals surface area contributed by atoms with Gasteiger partial charge in [-0.15, -0.1) is 11.8 Å². The van der Waals surface area contributed by atoms with Crippen LogP contribution < -0.4 is 0 Å². The maximum Gasteiger partial charge on any atom is 0.0540 e. The highest BCUT2D eigenvalue weighted by Crippen LogP contribution is 1.92. The van der Waals surface area contributed by atoms with Crippen molar-refractivity contribution in [2.45, 2.75) is 32.3 Å². The largest absolute Gasteiger partial charge is 0.395 e. The first-order valence-corrected chi connectivity index (χ1v) is 3.52. The van der Waals surface area contributed by atoms with E-state index in [1.165, 1.54) is 0 Å². The second-order valence-electron chi connectivity index (χ2n) is 2.21. The van der Waals surface area contributed by atoms with Gasteiger partial charge in [0, 0.05) is 12.8 Å². The van der Waals surface area contributed by atoms with E-state index in [0.717, 1.165) is 12.8 Å². The molecule has 0 spiro atoms. The summed E-state index contributed by atoms with van der Waals surface area (Å²) < 4.78 is 0. The lowest BCUT2D eigenvalue weighted by atomic mass is 10.2. The molecule has 0 aromatic heterocycles. The van der Waals surface area contributed by atoms with Crippen molar-refractivity contribution in [2.75, 3.05) is 6.61 Å². The summed E-state index contributed by atoms with van der Waals surface area (Å²) in [6.45, 7) is 1.87. The zero-order valence-corrected chi connectivity index (χ0v) is 6.30. The lowest BCUT2D eigenvalue weighted by Crippen LogP contribution is -1.96. The third-order valence-corrected chi connectivity index (χ3v) is 1.05. The van der Waals surface area contributed by atoms with Gasteiger partial charge in [0.2, 0.25) is 0 Å². The lowest BCUT2D eigenvalue weighted by Gasteiger charge is -1.96. The van der Waals surface area contributed by atoms with E-state index in [1.807, 2.05) is 0 Å². The van der Waals surface area contributed by atoms with Crippen molar-refractivity contribution in [3.8, 4) is 11.8 Å². The summed E-state index contributed by atoms with van der Waals surface area (Å²) in [5.41, 5.74) is 0. The Morgan fingerprint density at radius 2 is 1.90 bits per heavy atom. The Morgan fingerprint density at radius 1 is 1.30 bits per heavy atom. The number of rotatable bonds is 3. The minimum atomic E-state index is -0.261. The van der Waals surface area contributed by atoms with Crippen molar-refractivity contribution in [1.82, 2.24) is 0 Å². The maximum absolute atomic E-state index is 8.79. The Balaban J connectivity index is 3.12. The van der Waals surface area contributed by atoms with E-state index in [2.05, 4.69) is 11.8 Å². The van der Waals surface area contributed by atoms with E-state index < -0.39 is 0 Å². The molecule has 0 heterocycles. The molecule has 0 fully saturated rings. The summed E-state index contributed by atoms with van der Waals surface area (Å²) in [7, 11) is 0. The van der Waals surface area contributed by atoms with Crippen molar-refractivity contribution in [1.29, 1.82) is 0 Å². The van der Waals surface area contributed by atoms with E-state index in [9.17, 15) is 0 Å². The summed E-state index contributed by atoms with van der Waals surface area (Å²) >= 11 is 0. The van der Waals surface area contributed by atoms with Crippen LogP contribution >= 0.6 is 0 Å². The van der Waals surface area contributed by atoms with Crippen molar-refractivity contribution in [3.05, 3.63) is 0 Å². The minimum Gasteiger partial charge on any atom is -0.395 e. The lowest BCUT2D eigenvalue weighted by molar-refractivity contribution is 0.186. The summed E-state index contributed by atoms with van der Waals surface area (Å²) in [6, 6.07) is 0. The van der Waals surface area contributed by atoms with Gasteiger partial charge < -0.3 is 10.2 Å². The highest BCUT2D eigenvalue weighted by atomic mass is 16.3. The quantitative estimate of drug-likeness (QED) is 0.564. The second kappa shape index (κ2) is 6.60. The van der Waals surface area contributed by atoms with Gasteiger partial charge in [0.15, 0.2) is 0 Å². The Bertz CT molecular complexity index is 119. The van der Waals surface area contributed by atoms with Gasteiger partial charge in [-0.05, 0) is 13.3 Å². The number of aliphatic hydroxyl groups is 2. The fourth-order valence-corrected chi connectivity index (χ4v) is 0.514. The number of hydrogen-bond donors (Lipinski definition) is 2. The van der Waals surface area contributed by atoms with Crippen LogP contribution in [0.25, 0.3) is 0 Å². The average molecular weight is 142 g/mol. The molecular weight excluding hydrogens is 128 g/mol. The highest BCUT2D eigenvalue weighted by Gasteiger charge is 1.90. The molecule has 0 saturated heterocycles. The van der Waals surface area contributed by atoms with Crippen LogP contribution in [0.1, 0.15) is 26.2 Å². The van der Waals surface area contributed by atoms with Gasteiger partial charge in [-0.25, -0.2) is 0 Å². The van der Waals surface area contributed by atoms with Gasteiger partial charge in [0.25, 0.3) is 0 Å². The first-order valence-electron chi connectivity index (χ1n) is 3.52. The molecule has 0 radical (unpaired) electrons. The molecule has 1 atom stereocenters. The smallest absolute Gasteiger partial charge is 0.0540 e. The molecule has 0 amide bonds. The van der Waals surface area contributed by atoms with Crippen molar-refractivity contribution in [3.63, 3.8) is 0 Å². The predicted octanol–water partition coefficient (Wildman–Crippen LogP) is 0.533. The van der Waals surface area contributed by atoms with Crippen LogP contribution in [0.15, 0.2) is 0 Å². The zero-order valence-electron chi connectivity index (χ0n) is 6.30. The first-order chi connectivity index (χ1) is 4.77. The fraction of sp³-hybridized carbons (Fsp3) is 0.750. The van der Waals surface area contributed by atoms with Crippen molar-refractivity contribution in [2.24, 2.45) is 0 Å². The van der Waals surface area contributed by atoms with Gasteiger partial charge in [-0.3, -0.25) is 0 Å². The predicted molar refractivity (Wildman–Crippen MR) is 40.4 cm³/mol. The van der Waals surface area contributed by atoms with Crippen LogP contribution in [0.4, 0.5) is 0 Å². The molecule has 1 unspecified atom stereocenters. The minimum absolute atomic E-state index is 0.127. The maximum atomic E-state index is 8.79. The SMILES string of the molecule is CC(O)CCC#CCCO. The van der Waals surface area contributed by atoms with Gasteiger partial charge in [-0.1, -0.05) is 0 Å². The van der Waals surface area contributed by atoms with E-state index in [-0.39, 0.29) is 12.7 Å². The molecule has 10 heavy (non-hydrogen) atoms. The normalized spacial score (nSPS) is 11.9. The fourth-order valence-electron chi connectivity index (χ4n) is 0.514. The average Bonchev–Trinajstić information content (AvgIpc) is 1.87. The molecule has 58 valence electrons. The molecule has 2 N–H and O–H groups in total. The Labute approximate surface area is 61.9 Å². The molecular formula is C8H14O2. The van der Waals surface area contributed by atoms with E-state index >= 15 is 0 Å². The highest BCUT2D eigenvalue weighted by molar-refractivity contribution is 4.98. The van der Waals surface area contributed by atoms with E-state index in [4.69, 9.17) is 10.2 Å². The van der Waals surface area contributed by atoms with E-state index in [0.29, 0.717) is 6.42 Å². The van der Waals surface area contributed by atoms with Crippen LogP contribution in [0.3, 0.4) is 0 Å². The zero-order chi connectivity index (χ0) is 7.82. The molecule has 0 rings (SSSR count). The number of aliphatic hydroxyl groups excluding tert-OH is 2. The molecule has 0 saturated carbocycles. The summed E-state index contributed by atoms with van der Waals surface area (Å²) in [6.07, 6.45) is 1.72. The molecule has 0 aliphatic carbocycles. The third-order valence-electron chi connectivity index (χ3n) is 1.05. The van der Waals surface area contributed by atoms with Gasteiger partial charge in [0.05, 0.1) is 12.7 Å². The molecule has 2 heteroatoms. The molecule has 0 aliphatic rings. The van der Waals surface area contributed by atoms with Gasteiger partial charge in [-0.2, -0.15) is 0 Å². The third kappa shape index (κ3) is 7.48. The van der Waals surface area contributed by atoms with Crippen LogP contribution in [0.5, 0.6) is 0 Å². The topological polar surface area (TPSA) is 40.5 Å². The molecule has 0 aliphatic heterocycles. The van der Waals surface area contributed by atoms with Gasteiger partial charge >= 0.3 is 0 Å². The monoisotopic (exact) mass is 142 g/mol. The van der Waals surface area contributed by atoms with Crippen LogP contribution in [-0.2, 0) is 0 Å². The second-order valence-corrected chi connectivity index (χ2v) is 2.21. The summed E-state index contributed by atoms with van der Waals surface area (Å²) in [5, 5.41) is 17.1. The van der Waals surface area contributed by atoms with Crippen LogP contribution in [0.2, 0.25) is 0 Å². The first kappa shape index (κ1) is 9.48. The van der Waals surface area contributed by atoms with Crippen molar-refractivity contribution < 1.29 is 10.2 Å². The Morgan fingerprint density at radius 3 is 2.40 bits per heavy atom. The number of hydrogen-bond acceptors (Lipinski definition) is 2. The summed E-state index contributed by atoms with van der Waals surface area (Å²) in [5.74, 6) is 5.63. The van der Waals surface area contributed by atoms with Gasteiger partial charge in [0.1, 0.15) is 0 Å². The standard InChI is InChI=1S/C8H14O2/c1-8(10)6-4-2-3-5-7-9/h8-10H,4-7H2,1H3. The molecule has 0 bridgehead atoms. The van der Waals surface area contributed by atoms with Crippen LogP contribution in [0, 0.1) is 11.8 Å². The van der Waals surface area contributed by atoms with Crippen LogP contribution in [-0.4, -0.2) is 22.9 Å². The van der Waals surface area contributed by atoms with Crippen molar-refractivity contribution >= 4 is 0 Å². The van der Waals surface area contributed by atoms with E-state index in [1.54, 1.807) is 6.92 Å².